The summed E-state index contributed by atoms with van der Waals surface area (Å²) in [6, 6.07) is 5.85. The lowest BCUT2D eigenvalue weighted by molar-refractivity contribution is 0.205. The highest BCUT2D eigenvalue weighted by molar-refractivity contribution is 7.51. The molecule has 0 saturated carbocycles. The third-order valence-corrected chi connectivity index (χ3v) is 2.67. The number of aliphatic hydroxyl groups is 1. The third kappa shape index (κ3) is 2.56. The van der Waals surface area contributed by atoms with E-state index in [0.717, 1.165) is 0 Å². The van der Waals surface area contributed by atoms with E-state index in [-0.39, 0.29) is 5.56 Å². The van der Waals surface area contributed by atoms with E-state index in [2.05, 4.69) is 0 Å². The van der Waals surface area contributed by atoms with E-state index >= 15 is 0 Å². The Balaban J connectivity index is 2.92. The van der Waals surface area contributed by atoms with E-state index in [9.17, 15) is 9.67 Å². The molecule has 14 heavy (non-hydrogen) atoms. The maximum atomic E-state index is 10.7. The lowest BCUT2D eigenvalue weighted by Gasteiger charge is -2.12. The van der Waals surface area contributed by atoms with Crippen molar-refractivity contribution in [1.29, 1.82) is 0 Å². The molecule has 5 nitrogen and oxygen atoms in total. The summed E-state index contributed by atoms with van der Waals surface area (Å²) in [6.45, 7) is 0. The molecule has 0 saturated heterocycles. The Kier molecular flexibility index (Phi) is 3.29. The normalized spacial score (nSPS) is 13.7. The fraction of sp³-hybridized carbons (Fsp3) is 0.250. The Morgan fingerprint density at radius 3 is 2.14 bits per heavy atom. The average Bonchev–Trinajstić information content (AvgIpc) is 2.15. The molecule has 1 atom stereocenters. The van der Waals surface area contributed by atoms with Gasteiger partial charge in [0, 0.05) is 0 Å². The molecule has 0 fully saturated rings. The first-order valence-electron chi connectivity index (χ1n) is 3.82. The molecule has 3 N–H and O–H groups in total. The fourth-order valence-electron chi connectivity index (χ4n) is 0.970. The number of rotatable bonds is 3. The van der Waals surface area contributed by atoms with Gasteiger partial charge in [0.15, 0.2) is 5.85 Å². The summed E-state index contributed by atoms with van der Waals surface area (Å²) in [5.74, 6) is -1.21. The van der Waals surface area contributed by atoms with Gasteiger partial charge in [0.2, 0.25) is 0 Å². The van der Waals surface area contributed by atoms with Gasteiger partial charge in [-0.3, -0.25) is 4.57 Å². The summed E-state index contributed by atoms with van der Waals surface area (Å²) < 4.78 is 15.6. The van der Waals surface area contributed by atoms with Crippen molar-refractivity contribution in [2.75, 3.05) is 7.11 Å². The van der Waals surface area contributed by atoms with Crippen molar-refractivity contribution in [2.24, 2.45) is 0 Å². The summed E-state index contributed by atoms with van der Waals surface area (Å²) in [5.41, 5.74) is 0.166. The van der Waals surface area contributed by atoms with Gasteiger partial charge in [-0.15, -0.1) is 0 Å². The lowest BCUT2D eigenvalue weighted by atomic mass is 10.2. The smallest absolute Gasteiger partial charge is 0.358 e. The zero-order valence-electron chi connectivity index (χ0n) is 7.49. The monoisotopic (exact) mass is 218 g/mol. The van der Waals surface area contributed by atoms with Gasteiger partial charge in [0.1, 0.15) is 5.75 Å². The Hall–Kier alpha value is -0.870. The van der Waals surface area contributed by atoms with Gasteiger partial charge in [-0.25, -0.2) is 0 Å². The van der Waals surface area contributed by atoms with Crippen LogP contribution in [0.4, 0.5) is 0 Å². The number of benzene rings is 1. The molecular weight excluding hydrogens is 207 g/mol. The SMILES string of the molecule is COc1ccc([C@H](O)P(=O)(O)O)cc1. The van der Waals surface area contributed by atoms with Crippen LogP contribution in [0.5, 0.6) is 5.75 Å². The summed E-state index contributed by atoms with van der Waals surface area (Å²) in [6.07, 6.45) is 0. The minimum absolute atomic E-state index is 0.166. The Morgan fingerprint density at radius 2 is 1.79 bits per heavy atom. The molecule has 0 radical (unpaired) electrons. The van der Waals surface area contributed by atoms with Crippen molar-refractivity contribution in [1.82, 2.24) is 0 Å². The highest BCUT2D eigenvalue weighted by atomic mass is 31.2. The molecule has 0 aromatic heterocycles. The first-order valence-corrected chi connectivity index (χ1v) is 5.50. The Bertz CT molecular complexity index is 341. The van der Waals surface area contributed by atoms with Gasteiger partial charge in [-0.05, 0) is 17.7 Å². The molecule has 0 spiro atoms. The molecule has 1 aromatic rings. The van der Waals surface area contributed by atoms with Gasteiger partial charge in [-0.2, -0.15) is 0 Å². The van der Waals surface area contributed by atoms with Gasteiger partial charge < -0.3 is 19.6 Å². The number of hydrogen-bond acceptors (Lipinski definition) is 3. The van der Waals surface area contributed by atoms with Crippen LogP contribution in [0.25, 0.3) is 0 Å². The molecule has 1 aromatic carbocycles. The van der Waals surface area contributed by atoms with Crippen molar-refractivity contribution >= 4 is 7.60 Å². The second-order valence-electron chi connectivity index (χ2n) is 2.74. The molecular formula is C8H11O5P. The van der Waals surface area contributed by atoms with Crippen LogP contribution in [0.1, 0.15) is 11.4 Å². The fourth-order valence-corrected chi connectivity index (χ4v) is 1.53. The number of ether oxygens (including phenoxy) is 1. The van der Waals surface area contributed by atoms with E-state index in [0.29, 0.717) is 5.75 Å². The van der Waals surface area contributed by atoms with Crippen LogP contribution in [-0.4, -0.2) is 22.0 Å². The van der Waals surface area contributed by atoms with E-state index in [1.165, 1.54) is 31.4 Å². The molecule has 0 aliphatic carbocycles. The maximum absolute atomic E-state index is 10.7. The summed E-state index contributed by atoms with van der Waals surface area (Å²) in [5, 5.41) is 9.22. The van der Waals surface area contributed by atoms with Crippen LogP contribution in [0.3, 0.4) is 0 Å². The average molecular weight is 218 g/mol. The molecule has 1 rings (SSSR count). The largest absolute Gasteiger partial charge is 0.497 e. The van der Waals surface area contributed by atoms with Gasteiger partial charge in [0.25, 0.3) is 0 Å². The van der Waals surface area contributed by atoms with Crippen molar-refractivity contribution < 1.29 is 24.2 Å². The minimum Gasteiger partial charge on any atom is -0.497 e. The molecule has 0 bridgehead atoms. The molecule has 0 aliphatic heterocycles. The lowest BCUT2D eigenvalue weighted by Crippen LogP contribution is -1.98. The summed E-state index contributed by atoms with van der Waals surface area (Å²) >= 11 is 0. The Morgan fingerprint density at radius 1 is 1.29 bits per heavy atom. The number of aliphatic hydroxyl groups excluding tert-OH is 1. The molecule has 0 unspecified atom stereocenters. The minimum atomic E-state index is -4.49. The topological polar surface area (TPSA) is 87.0 Å². The van der Waals surface area contributed by atoms with E-state index in [1.807, 2.05) is 0 Å². The second-order valence-corrected chi connectivity index (χ2v) is 4.40. The molecule has 0 heterocycles. The zero-order chi connectivity index (χ0) is 10.8. The molecule has 0 aliphatic rings. The van der Waals surface area contributed by atoms with Crippen LogP contribution in [0, 0.1) is 0 Å². The van der Waals surface area contributed by atoms with Gasteiger partial charge in [0.05, 0.1) is 7.11 Å². The Labute approximate surface area is 81.1 Å². The first kappa shape index (κ1) is 11.2. The number of methoxy groups -OCH3 is 1. The van der Waals surface area contributed by atoms with Crippen LogP contribution < -0.4 is 4.74 Å². The van der Waals surface area contributed by atoms with E-state index in [1.54, 1.807) is 0 Å². The van der Waals surface area contributed by atoms with Crippen LogP contribution in [0.2, 0.25) is 0 Å². The number of hydrogen-bond donors (Lipinski definition) is 3. The van der Waals surface area contributed by atoms with Crippen LogP contribution in [-0.2, 0) is 4.57 Å². The van der Waals surface area contributed by atoms with Crippen molar-refractivity contribution in [3.05, 3.63) is 29.8 Å². The third-order valence-electron chi connectivity index (χ3n) is 1.73. The van der Waals surface area contributed by atoms with Crippen molar-refractivity contribution in [2.45, 2.75) is 5.85 Å². The van der Waals surface area contributed by atoms with Crippen LogP contribution >= 0.6 is 7.60 Å². The van der Waals surface area contributed by atoms with Gasteiger partial charge >= 0.3 is 7.60 Å². The van der Waals surface area contributed by atoms with Crippen molar-refractivity contribution in [3.8, 4) is 5.75 Å². The van der Waals surface area contributed by atoms with Crippen molar-refractivity contribution in [3.63, 3.8) is 0 Å². The summed E-state index contributed by atoms with van der Waals surface area (Å²) in [7, 11) is -3.01. The molecule has 78 valence electrons. The zero-order valence-corrected chi connectivity index (χ0v) is 8.39. The van der Waals surface area contributed by atoms with Crippen LogP contribution in [0.15, 0.2) is 24.3 Å². The molecule has 0 amide bonds. The highest BCUT2D eigenvalue weighted by Gasteiger charge is 2.27. The highest BCUT2D eigenvalue weighted by Crippen LogP contribution is 2.49. The first-order chi connectivity index (χ1) is 6.45. The quantitative estimate of drug-likeness (QED) is 0.655. The predicted octanol–water partition coefficient (Wildman–Crippen LogP) is 0.864. The standard InChI is InChI=1S/C8H11O5P/c1-13-7-4-2-6(3-5-7)8(9)14(10,11)12/h2-5,8-9H,1H3,(H2,10,11,12)/t8-/m1/s1. The molecule has 6 heteroatoms. The second kappa shape index (κ2) is 4.11. The van der Waals surface area contributed by atoms with E-state index < -0.39 is 13.4 Å². The summed E-state index contributed by atoms with van der Waals surface area (Å²) in [4.78, 5) is 17.4. The van der Waals surface area contributed by atoms with E-state index in [4.69, 9.17) is 14.5 Å². The predicted molar refractivity (Wildman–Crippen MR) is 50.0 cm³/mol. The maximum Gasteiger partial charge on any atom is 0.358 e. The van der Waals surface area contributed by atoms with Gasteiger partial charge in [-0.1, -0.05) is 12.1 Å².